The zero-order chi connectivity index (χ0) is 10.1. The Bertz CT molecular complexity index is 391. The second kappa shape index (κ2) is 3.61. The average Bonchev–Trinajstić information content (AvgIpc) is 3.01. The van der Waals surface area contributed by atoms with E-state index in [0.717, 1.165) is 5.56 Å². The van der Waals surface area contributed by atoms with Crippen LogP contribution in [-0.2, 0) is 0 Å². The number of hydrogen-bond donors (Lipinski definition) is 1. The highest BCUT2D eigenvalue weighted by Crippen LogP contribution is 2.39. The molecule has 2 rings (SSSR count). The molecule has 1 aromatic rings. The Balaban J connectivity index is 2.30. The molecule has 72 valence electrons. The Morgan fingerprint density at radius 2 is 2.21 bits per heavy atom. The van der Waals surface area contributed by atoms with Gasteiger partial charge in [0.25, 0.3) is 0 Å². The number of nitrogens with zero attached hydrogens (tertiary/aromatic N) is 1. The molecular formula is C11H11ClN2. The molecule has 0 saturated heterocycles. The van der Waals surface area contributed by atoms with Crippen LogP contribution in [0.2, 0.25) is 5.02 Å². The molecule has 0 unspecified atom stereocenters. The van der Waals surface area contributed by atoms with Crippen molar-refractivity contribution >= 4 is 11.6 Å². The van der Waals surface area contributed by atoms with Gasteiger partial charge in [-0.25, -0.2) is 0 Å². The third kappa shape index (κ3) is 1.75. The van der Waals surface area contributed by atoms with Crippen LogP contribution in [-0.4, -0.2) is 0 Å². The normalized spacial score (nSPS) is 17.5. The summed E-state index contributed by atoms with van der Waals surface area (Å²) in [6.45, 7) is 0. The van der Waals surface area contributed by atoms with Crippen LogP contribution in [0, 0.1) is 17.2 Å². The van der Waals surface area contributed by atoms with E-state index in [-0.39, 0.29) is 6.04 Å². The molecule has 1 fully saturated rings. The number of nitriles is 1. The van der Waals surface area contributed by atoms with Crippen molar-refractivity contribution in [1.82, 2.24) is 0 Å². The summed E-state index contributed by atoms with van der Waals surface area (Å²) in [7, 11) is 0. The van der Waals surface area contributed by atoms with Gasteiger partial charge in [-0.05, 0) is 36.5 Å². The fourth-order valence-corrected chi connectivity index (χ4v) is 1.72. The Labute approximate surface area is 88.3 Å². The fraction of sp³-hybridized carbons (Fsp3) is 0.364. The first-order valence-corrected chi connectivity index (χ1v) is 5.05. The molecule has 0 aliphatic heterocycles. The first kappa shape index (κ1) is 9.51. The smallest absolute Gasteiger partial charge is 0.101 e. The Morgan fingerprint density at radius 1 is 1.50 bits per heavy atom. The van der Waals surface area contributed by atoms with E-state index in [2.05, 4.69) is 6.07 Å². The summed E-state index contributed by atoms with van der Waals surface area (Å²) in [6.07, 6.45) is 2.40. The second-order valence-corrected chi connectivity index (χ2v) is 4.12. The molecule has 2 nitrogen and oxygen atoms in total. The first-order chi connectivity index (χ1) is 6.72. The van der Waals surface area contributed by atoms with E-state index in [1.807, 2.05) is 6.07 Å². The monoisotopic (exact) mass is 206 g/mol. The van der Waals surface area contributed by atoms with Gasteiger partial charge in [0.15, 0.2) is 0 Å². The molecule has 0 spiro atoms. The van der Waals surface area contributed by atoms with Gasteiger partial charge >= 0.3 is 0 Å². The zero-order valence-electron chi connectivity index (χ0n) is 7.70. The summed E-state index contributed by atoms with van der Waals surface area (Å²) >= 11 is 5.83. The van der Waals surface area contributed by atoms with E-state index in [9.17, 15) is 0 Å². The topological polar surface area (TPSA) is 49.8 Å². The van der Waals surface area contributed by atoms with Gasteiger partial charge in [0.2, 0.25) is 0 Å². The van der Waals surface area contributed by atoms with Crippen molar-refractivity contribution in [2.75, 3.05) is 0 Å². The molecular weight excluding hydrogens is 196 g/mol. The van der Waals surface area contributed by atoms with Crippen LogP contribution < -0.4 is 5.73 Å². The summed E-state index contributed by atoms with van der Waals surface area (Å²) in [4.78, 5) is 0. The summed E-state index contributed by atoms with van der Waals surface area (Å²) in [5, 5.41) is 9.30. The molecule has 1 atom stereocenters. The van der Waals surface area contributed by atoms with Crippen molar-refractivity contribution in [1.29, 1.82) is 5.26 Å². The van der Waals surface area contributed by atoms with Crippen LogP contribution in [0.25, 0.3) is 0 Å². The molecule has 3 heteroatoms. The van der Waals surface area contributed by atoms with Crippen molar-refractivity contribution in [3.63, 3.8) is 0 Å². The van der Waals surface area contributed by atoms with Crippen LogP contribution in [0.3, 0.4) is 0 Å². The van der Waals surface area contributed by atoms with Crippen LogP contribution in [0.1, 0.15) is 30.0 Å². The summed E-state index contributed by atoms with van der Waals surface area (Å²) in [5.74, 6) is 0.600. The Kier molecular flexibility index (Phi) is 2.45. The molecule has 1 aliphatic carbocycles. The predicted molar refractivity (Wildman–Crippen MR) is 55.8 cm³/mol. The van der Waals surface area contributed by atoms with E-state index >= 15 is 0 Å². The van der Waals surface area contributed by atoms with Gasteiger partial charge in [-0.1, -0.05) is 17.7 Å². The van der Waals surface area contributed by atoms with Gasteiger partial charge in [0, 0.05) is 6.04 Å². The standard InChI is InChI=1S/C11H11ClN2/c12-10-4-3-8(5-9(10)6-13)11(14)7-1-2-7/h3-5,7,11H,1-2,14H2/t11-/m1/s1. The number of benzene rings is 1. The highest BCUT2D eigenvalue weighted by molar-refractivity contribution is 6.31. The quantitative estimate of drug-likeness (QED) is 0.809. The van der Waals surface area contributed by atoms with Crippen molar-refractivity contribution in [3.05, 3.63) is 34.3 Å². The minimum absolute atomic E-state index is 0.0689. The molecule has 1 saturated carbocycles. The Hall–Kier alpha value is -1.04. The van der Waals surface area contributed by atoms with Crippen molar-refractivity contribution < 1.29 is 0 Å². The fourth-order valence-electron chi connectivity index (χ4n) is 1.56. The second-order valence-electron chi connectivity index (χ2n) is 3.71. The lowest BCUT2D eigenvalue weighted by molar-refractivity contribution is 0.633. The Morgan fingerprint density at radius 3 is 2.79 bits per heavy atom. The number of rotatable bonds is 2. The highest BCUT2D eigenvalue weighted by atomic mass is 35.5. The van der Waals surface area contributed by atoms with Gasteiger partial charge in [0.1, 0.15) is 6.07 Å². The maximum Gasteiger partial charge on any atom is 0.101 e. The molecule has 1 aliphatic rings. The molecule has 1 aromatic carbocycles. The SMILES string of the molecule is N#Cc1cc([C@H](N)C2CC2)ccc1Cl. The molecule has 0 radical (unpaired) electrons. The number of nitrogens with two attached hydrogens (primary N) is 1. The minimum atomic E-state index is 0.0689. The van der Waals surface area contributed by atoms with Gasteiger partial charge in [0.05, 0.1) is 10.6 Å². The zero-order valence-corrected chi connectivity index (χ0v) is 8.46. The first-order valence-electron chi connectivity index (χ1n) is 4.67. The maximum atomic E-state index is 8.80. The van der Waals surface area contributed by atoms with Gasteiger partial charge in [-0.15, -0.1) is 0 Å². The van der Waals surface area contributed by atoms with Crippen LogP contribution in [0.5, 0.6) is 0 Å². The summed E-state index contributed by atoms with van der Waals surface area (Å²) < 4.78 is 0. The van der Waals surface area contributed by atoms with Gasteiger partial charge < -0.3 is 5.73 Å². The predicted octanol–water partition coefficient (Wildman–Crippen LogP) is 2.62. The van der Waals surface area contributed by atoms with E-state index in [1.54, 1.807) is 12.1 Å². The van der Waals surface area contributed by atoms with Crippen LogP contribution in [0.4, 0.5) is 0 Å². The van der Waals surface area contributed by atoms with Crippen molar-refractivity contribution in [2.45, 2.75) is 18.9 Å². The maximum absolute atomic E-state index is 8.80. The lowest BCUT2D eigenvalue weighted by atomic mass is 10.0. The van der Waals surface area contributed by atoms with Gasteiger partial charge in [-0.3, -0.25) is 0 Å². The number of hydrogen-bond acceptors (Lipinski definition) is 2. The third-order valence-corrected chi connectivity index (χ3v) is 2.96. The van der Waals surface area contributed by atoms with E-state index in [0.29, 0.717) is 16.5 Å². The molecule has 0 heterocycles. The van der Waals surface area contributed by atoms with Crippen LogP contribution in [0.15, 0.2) is 18.2 Å². The van der Waals surface area contributed by atoms with E-state index < -0.39 is 0 Å². The molecule has 0 aromatic heterocycles. The summed E-state index contributed by atoms with van der Waals surface area (Å²) in [5.41, 5.74) is 7.56. The van der Waals surface area contributed by atoms with Gasteiger partial charge in [-0.2, -0.15) is 5.26 Å². The molecule has 14 heavy (non-hydrogen) atoms. The average molecular weight is 207 g/mol. The highest BCUT2D eigenvalue weighted by Gasteiger charge is 2.29. The lowest BCUT2D eigenvalue weighted by Gasteiger charge is -2.10. The number of halogens is 1. The molecule has 2 N–H and O–H groups in total. The van der Waals surface area contributed by atoms with Crippen molar-refractivity contribution in [2.24, 2.45) is 11.7 Å². The third-order valence-electron chi connectivity index (χ3n) is 2.63. The van der Waals surface area contributed by atoms with E-state index in [4.69, 9.17) is 22.6 Å². The molecule has 0 amide bonds. The minimum Gasteiger partial charge on any atom is -0.324 e. The largest absolute Gasteiger partial charge is 0.324 e. The van der Waals surface area contributed by atoms with E-state index in [1.165, 1.54) is 12.8 Å². The van der Waals surface area contributed by atoms with Crippen molar-refractivity contribution in [3.8, 4) is 6.07 Å². The summed E-state index contributed by atoms with van der Waals surface area (Å²) in [6, 6.07) is 7.58. The molecule has 0 bridgehead atoms. The lowest BCUT2D eigenvalue weighted by Crippen LogP contribution is -2.12. The van der Waals surface area contributed by atoms with Crippen LogP contribution >= 0.6 is 11.6 Å².